The Labute approximate surface area is 191 Å². The Hall–Kier alpha value is -3.55. The molecule has 1 fully saturated rings. The Morgan fingerprint density at radius 3 is 2.58 bits per heavy atom. The fraction of sp³-hybridized carbons (Fsp3) is 0.269. The average molecular weight is 444 g/mol. The normalized spacial score (nSPS) is 14.8. The van der Waals surface area contributed by atoms with Crippen LogP contribution in [0.1, 0.15) is 25.1 Å². The molecule has 168 valence electrons. The highest BCUT2D eigenvalue weighted by molar-refractivity contribution is 5.92. The molecule has 1 N–H and O–H groups in total. The summed E-state index contributed by atoms with van der Waals surface area (Å²) in [5, 5.41) is 10.3. The van der Waals surface area contributed by atoms with Gasteiger partial charge in [0.05, 0.1) is 12.3 Å². The summed E-state index contributed by atoms with van der Waals surface area (Å²) in [7, 11) is 0. The van der Waals surface area contributed by atoms with E-state index in [1.165, 1.54) is 0 Å². The molecule has 1 aliphatic heterocycles. The summed E-state index contributed by atoms with van der Waals surface area (Å²) >= 11 is 0. The van der Waals surface area contributed by atoms with Gasteiger partial charge in [-0.15, -0.1) is 0 Å². The third-order valence-corrected chi connectivity index (χ3v) is 5.81. The summed E-state index contributed by atoms with van der Waals surface area (Å²) < 4.78 is 11.4. The fourth-order valence-corrected chi connectivity index (χ4v) is 3.95. The van der Waals surface area contributed by atoms with Gasteiger partial charge in [0.2, 0.25) is 5.91 Å². The molecule has 0 aliphatic carbocycles. The number of nitrogens with zero attached hydrogens (tertiary/aromatic N) is 3. The minimum atomic E-state index is -1.04. The maximum absolute atomic E-state index is 12.0. The zero-order chi connectivity index (χ0) is 23.0. The molecular formula is C26H25N3O4. The number of benzene rings is 1. The molecule has 1 saturated heterocycles. The lowest BCUT2D eigenvalue weighted by molar-refractivity contribution is -0.143. The standard InChI is InChI=1S/C26H25N3O4/c1-26(2,31)23-13-19(7-9-28-23)20-8-10-27-21-14-22(33-25(20)21)18-5-3-17(4-6-18)15-29-11-12-32-16-24(29)30/h3-10,13-14,31H,11-12,15-16H2,1-2H3. The van der Waals surface area contributed by atoms with Crippen molar-refractivity contribution >= 4 is 17.0 Å². The number of morpholine rings is 1. The van der Waals surface area contributed by atoms with E-state index in [0.717, 1.165) is 33.5 Å². The molecular weight excluding hydrogens is 418 g/mol. The number of hydrogen-bond donors (Lipinski definition) is 1. The number of aliphatic hydroxyl groups is 1. The predicted molar refractivity (Wildman–Crippen MR) is 124 cm³/mol. The molecule has 3 aromatic heterocycles. The van der Waals surface area contributed by atoms with Gasteiger partial charge in [-0.25, -0.2) is 0 Å². The Kier molecular flexibility index (Phi) is 5.44. The van der Waals surface area contributed by atoms with E-state index in [0.29, 0.717) is 31.0 Å². The Bertz CT molecular complexity index is 1310. The lowest BCUT2D eigenvalue weighted by Gasteiger charge is -2.26. The molecule has 0 saturated carbocycles. The van der Waals surface area contributed by atoms with Gasteiger partial charge in [-0.3, -0.25) is 14.8 Å². The second-order valence-electron chi connectivity index (χ2n) is 8.74. The Morgan fingerprint density at radius 2 is 1.82 bits per heavy atom. The van der Waals surface area contributed by atoms with E-state index in [4.69, 9.17) is 9.15 Å². The molecule has 7 nitrogen and oxygen atoms in total. The van der Waals surface area contributed by atoms with E-state index in [9.17, 15) is 9.90 Å². The van der Waals surface area contributed by atoms with Crippen molar-refractivity contribution in [2.45, 2.75) is 26.0 Å². The molecule has 7 heteroatoms. The van der Waals surface area contributed by atoms with Crippen LogP contribution in [0, 0.1) is 0 Å². The van der Waals surface area contributed by atoms with Gasteiger partial charge in [0.25, 0.3) is 0 Å². The van der Waals surface area contributed by atoms with Crippen LogP contribution in [0.25, 0.3) is 33.6 Å². The third-order valence-electron chi connectivity index (χ3n) is 5.81. The summed E-state index contributed by atoms with van der Waals surface area (Å²) in [6.07, 6.45) is 3.44. The molecule has 1 aromatic carbocycles. The van der Waals surface area contributed by atoms with Gasteiger partial charge >= 0.3 is 0 Å². The number of furan rings is 1. The molecule has 4 aromatic rings. The first-order valence-corrected chi connectivity index (χ1v) is 10.9. The van der Waals surface area contributed by atoms with Gasteiger partial charge in [-0.2, -0.15) is 0 Å². The fourth-order valence-electron chi connectivity index (χ4n) is 3.95. The van der Waals surface area contributed by atoms with E-state index in [1.807, 2.05) is 53.4 Å². The second kappa shape index (κ2) is 8.42. The number of aromatic nitrogens is 2. The Morgan fingerprint density at radius 1 is 1.03 bits per heavy atom. The van der Waals surface area contributed by atoms with Gasteiger partial charge in [0.15, 0.2) is 5.58 Å². The highest BCUT2D eigenvalue weighted by atomic mass is 16.5. The summed E-state index contributed by atoms with van der Waals surface area (Å²) in [6.45, 7) is 5.34. The molecule has 0 spiro atoms. The van der Waals surface area contributed by atoms with Crippen LogP contribution in [0.4, 0.5) is 0 Å². The van der Waals surface area contributed by atoms with Gasteiger partial charge in [0, 0.05) is 42.7 Å². The first-order valence-electron chi connectivity index (χ1n) is 10.9. The zero-order valence-electron chi connectivity index (χ0n) is 18.6. The van der Waals surface area contributed by atoms with Crippen molar-refractivity contribution < 1.29 is 19.1 Å². The van der Waals surface area contributed by atoms with Crippen LogP contribution in [0.2, 0.25) is 0 Å². The number of amides is 1. The highest BCUT2D eigenvalue weighted by Gasteiger charge is 2.20. The van der Waals surface area contributed by atoms with Crippen molar-refractivity contribution in [3.8, 4) is 22.5 Å². The molecule has 4 heterocycles. The van der Waals surface area contributed by atoms with E-state index in [1.54, 1.807) is 26.2 Å². The number of fused-ring (bicyclic) bond motifs is 1. The van der Waals surface area contributed by atoms with Gasteiger partial charge < -0.3 is 19.2 Å². The van der Waals surface area contributed by atoms with E-state index in [-0.39, 0.29) is 12.5 Å². The van der Waals surface area contributed by atoms with Crippen LogP contribution in [-0.2, 0) is 21.7 Å². The van der Waals surface area contributed by atoms with Crippen LogP contribution in [0.15, 0.2) is 65.3 Å². The summed E-state index contributed by atoms with van der Waals surface area (Å²) in [4.78, 5) is 22.6. The van der Waals surface area contributed by atoms with Crippen LogP contribution in [0.5, 0.6) is 0 Å². The van der Waals surface area contributed by atoms with Crippen molar-refractivity contribution in [3.05, 3.63) is 72.2 Å². The molecule has 0 atom stereocenters. The largest absolute Gasteiger partial charge is 0.454 e. The number of hydrogen-bond acceptors (Lipinski definition) is 6. The van der Waals surface area contributed by atoms with E-state index < -0.39 is 5.60 Å². The first-order chi connectivity index (χ1) is 15.9. The Balaban J connectivity index is 1.44. The highest BCUT2D eigenvalue weighted by Crippen LogP contribution is 2.34. The maximum Gasteiger partial charge on any atom is 0.248 e. The van der Waals surface area contributed by atoms with Crippen molar-refractivity contribution in [1.29, 1.82) is 0 Å². The van der Waals surface area contributed by atoms with Crippen LogP contribution in [0.3, 0.4) is 0 Å². The second-order valence-corrected chi connectivity index (χ2v) is 8.74. The van der Waals surface area contributed by atoms with Gasteiger partial charge in [-0.1, -0.05) is 24.3 Å². The smallest absolute Gasteiger partial charge is 0.248 e. The first kappa shape index (κ1) is 21.3. The lowest BCUT2D eigenvalue weighted by Crippen LogP contribution is -2.40. The van der Waals surface area contributed by atoms with Crippen molar-refractivity contribution in [2.75, 3.05) is 19.8 Å². The van der Waals surface area contributed by atoms with Crippen LogP contribution < -0.4 is 0 Å². The molecule has 33 heavy (non-hydrogen) atoms. The predicted octanol–water partition coefficient (Wildman–Crippen LogP) is 4.14. The molecule has 0 unspecified atom stereocenters. The molecule has 0 bridgehead atoms. The maximum atomic E-state index is 12.0. The monoisotopic (exact) mass is 443 g/mol. The minimum Gasteiger partial charge on any atom is -0.454 e. The SMILES string of the molecule is CC(C)(O)c1cc(-c2ccnc3cc(-c4ccc(CN5CCOCC5=O)cc4)oc23)ccn1. The van der Waals surface area contributed by atoms with Crippen molar-refractivity contribution in [1.82, 2.24) is 14.9 Å². The van der Waals surface area contributed by atoms with Crippen molar-refractivity contribution in [2.24, 2.45) is 0 Å². The number of pyridine rings is 2. The summed E-state index contributed by atoms with van der Waals surface area (Å²) in [5.41, 5.74) is 4.77. The molecule has 5 rings (SSSR count). The number of rotatable bonds is 5. The summed E-state index contributed by atoms with van der Waals surface area (Å²) in [5.74, 6) is 0.737. The minimum absolute atomic E-state index is 0.0186. The molecule has 1 aliphatic rings. The average Bonchev–Trinajstić information content (AvgIpc) is 3.25. The third kappa shape index (κ3) is 4.37. The van der Waals surface area contributed by atoms with Gasteiger partial charge in [-0.05, 0) is 43.2 Å². The van der Waals surface area contributed by atoms with E-state index in [2.05, 4.69) is 9.97 Å². The summed E-state index contributed by atoms with van der Waals surface area (Å²) in [6, 6.07) is 15.6. The zero-order valence-corrected chi connectivity index (χ0v) is 18.6. The number of ether oxygens (including phenoxy) is 1. The quantitative estimate of drug-likeness (QED) is 0.499. The van der Waals surface area contributed by atoms with Gasteiger partial charge in [0.1, 0.15) is 23.5 Å². The topological polar surface area (TPSA) is 88.7 Å². The number of carbonyl (C=O) groups excluding carboxylic acids is 1. The number of carbonyl (C=O) groups is 1. The van der Waals surface area contributed by atoms with Crippen LogP contribution in [-0.4, -0.2) is 45.6 Å². The van der Waals surface area contributed by atoms with Crippen LogP contribution >= 0.6 is 0 Å². The molecule has 0 radical (unpaired) electrons. The molecule has 1 amide bonds. The van der Waals surface area contributed by atoms with E-state index >= 15 is 0 Å². The lowest BCUT2D eigenvalue weighted by atomic mass is 10.00. The van der Waals surface area contributed by atoms with Crippen molar-refractivity contribution in [3.63, 3.8) is 0 Å².